The van der Waals surface area contributed by atoms with Crippen LogP contribution in [-0.4, -0.2) is 25.8 Å². The first kappa shape index (κ1) is 11.3. The van der Waals surface area contributed by atoms with Crippen molar-refractivity contribution in [2.24, 2.45) is 0 Å². The second kappa shape index (κ2) is 6.62. The molecule has 1 unspecified atom stereocenters. The molecule has 0 saturated carbocycles. The zero-order chi connectivity index (χ0) is 10.2. The van der Waals surface area contributed by atoms with E-state index in [1.165, 1.54) is 0 Å². The molecule has 0 fully saturated rings. The summed E-state index contributed by atoms with van der Waals surface area (Å²) in [6.07, 6.45) is 2.64. The molecular weight excluding hydrogens is 178 g/mol. The summed E-state index contributed by atoms with van der Waals surface area (Å²) in [6.45, 7) is 6.61. The molecule has 1 rings (SSSR count). The van der Waals surface area contributed by atoms with Gasteiger partial charge in [-0.25, -0.2) is 0 Å². The van der Waals surface area contributed by atoms with E-state index in [0.717, 1.165) is 31.9 Å². The lowest BCUT2D eigenvalue weighted by atomic mass is 10.2. The maximum Gasteiger partial charge on any atom is 0.105 e. The van der Waals surface area contributed by atoms with Gasteiger partial charge in [0, 0.05) is 25.6 Å². The second-order valence-corrected chi connectivity index (χ2v) is 3.34. The van der Waals surface area contributed by atoms with Crippen molar-refractivity contribution >= 4 is 0 Å². The third-order valence-corrected chi connectivity index (χ3v) is 2.03. The number of hydrogen-bond donors (Lipinski definition) is 1. The molecule has 1 heterocycles. The standard InChI is InChI=1S/C11H19NO2/c1-3-13-8-6-12-10(2)9-11-5-4-7-14-11/h4-5,7,10,12H,3,6,8-9H2,1-2H3. The molecule has 0 aliphatic heterocycles. The van der Waals surface area contributed by atoms with Gasteiger partial charge in [0.1, 0.15) is 5.76 Å². The first-order valence-electron chi connectivity index (χ1n) is 5.16. The van der Waals surface area contributed by atoms with Crippen LogP contribution in [0.3, 0.4) is 0 Å². The van der Waals surface area contributed by atoms with Gasteiger partial charge in [0.15, 0.2) is 0 Å². The number of furan rings is 1. The number of rotatable bonds is 7. The molecule has 0 amide bonds. The predicted molar refractivity (Wildman–Crippen MR) is 56.4 cm³/mol. The normalized spacial score (nSPS) is 13.0. The van der Waals surface area contributed by atoms with E-state index in [-0.39, 0.29) is 0 Å². The Morgan fingerprint density at radius 2 is 2.43 bits per heavy atom. The third kappa shape index (κ3) is 4.44. The van der Waals surface area contributed by atoms with Gasteiger partial charge >= 0.3 is 0 Å². The lowest BCUT2D eigenvalue weighted by molar-refractivity contribution is 0.147. The Bertz CT molecular complexity index is 221. The molecular formula is C11H19NO2. The molecule has 1 aromatic rings. The van der Waals surface area contributed by atoms with Gasteiger partial charge in [-0.05, 0) is 26.0 Å². The minimum absolute atomic E-state index is 0.432. The predicted octanol–water partition coefficient (Wildman–Crippen LogP) is 1.84. The Hall–Kier alpha value is -0.800. The van der Waals surface area contributed by atoms with E-state index in [2.05, 4.69) is 12.2 Å². The topological polar surface area (TPSA) is 34.4 Å². The molecule has 1 atom stereocenters. The molecule has 80 valence electrons. The highest BCUT2D eigenvalue weighted by atomic mass is 16.5. The lowest BCUT2D eigenvalue weighted by Gasteiger charge is -2.11. The van der Waals surface area contributed by atoms with Gasteiger partial charge in [-0.2, -0.15) is 0 Å². The molecule has 0 bridgehead atoms. The van der Waals surface area contributed by atoms with Gasteiger partial charge in [-0.1, -0.05) is 0 Å². The number of ether oxygens (including phenoxy) is 1. The molecule has 0 aliphatic rings. The zero-order valence-corrected chi connectivity index (χ0v) is 8.95. The minimum Gasteiger partial charge on any atom is -0.469 e. The van der Waals surface area contributed by atoms with Crippen molar-refractivity contribution < 1.29 is 9.15 Å². The largest absolute Gasteiger partial charge is 0.469 e. The van der Waals surface area contributed by atoms with Crippen LogP contribution in [-0.2, 0) is 11.2 Å². The smallest absolute Gasteiger partial charge is 0.105 e. The summed E-state index contributed by atoms with van der Waals surface area (Å²) in [7, 11) is 0. The van der Waals surface area contributed by atoms with Crippen LogP contribution < -0.4 is 5.32 Å². The average molecular weight is 197 g/mol. The Labute approximate surface area is 85.4 Å². The van der Waals surface area contributed by atoms with Gasteiger partial charge in [0.2, 0.25) is 0 Å². The molecule has 0 spiro atoms. The Balaban J connectivity index is 2.07. The highest BCUT2D eigenvalue weighted by molar-refractivity contribution is 4.99. The van der Waals surface area contributed by atoms with Gasteiger partial charge in [-0.15, -0.1) is 0 Å². The average Bonchev–Trinajstić information content (AvgIpc) is 2.65. The zero-order valence-electron chi connectivity index (χ0n) is 8.95. The first-order chi connectivity index (χ1) is 6.83. The molecule has 0 radical (unpaired) electrons. The molecule has 3 nitrogen and oxygen atoms in total. The van der Waals surface area contributed by atoms with Gasteiger partial charge in [0.05, 0.1) is 12.9 Å². The maximum absolute atomic E-state index is 5.26. The highest BCUT2D eigenvalue weighted by Gasteiger charge is 2.03. The fraction of sp³-hybridized carbons (Fsp3) is 0.636. The van der Waals surface area contributed by atoms with Crippen molar-refractivity contribution in [3.63, 3.8) is 0 Å². The van der Waals surface area contributed by atoms with Gasteiger partial charge in [-0.3, -0.25) is 0 Å². The van der Waals surface area contributed by atoms with Crippen molar-refractivity contribution in [2.75, 3.05) is 19.8 Å². The van der Waals surface area contributed by atoms with Gasteiger partial charge < -0.3 is 14.5 Å². The molecule has 0 aromatic carbocycles. The summed E-state index contributed by atoms with van der Waals surface area (Å²) in [5.74, 6) is 1.03. The molecule has 0 saturated heterocycles. The van der Waals surface area contributed by atoms with Crippen LogP contribution in [0.1, 0.15) is 19.6 Å². The van der Waals surface area contributed by atoms with E-state index in [9.17, 15) is 0 Å². The summed E-state index contributed by atoms with van der Waals surface area (Å²) in [4.78, 5) is 0. The van der Waals surface area contributed by atoms with Crippen molar-refractivity contribution in [3.8, 4) is 0 Å². The van der Waals surface area contributed by atoms with Crippen LogP contribution in [0.15, 0.2) is 22.8 Å². The molecule has 0 aliphatic carbocycles. The Morgan fingerprint density at radius 1 is 1.57 bits per heavy atom. The van der Waals surface area contributed by atoms with Crippen molar-refractivity contribution in [2.45, 2.75) is 26.3 Å². The lowest BCUT2D eigenvalue weighted by Crippen LogP contribution is -2.31. The van der Waals surface area contributed by atoms with Crippen molar-refractivity contribution in [3.05, 3.63) is 24.2 Å². The Morgan fingerprint density at radius 3 is 3.07 bits per heavy atom. The monoisotopic (exact) mass is 197 g/mol. The van der Waals surface area contributed by atoms with Crippen LogP contribution in [0.2, 0.25) is 0 Å². The fourth-order valence-corrected chi connectivity index (χ4v) is 1.32. The summed E-state index contributed by atoms with van der Waals surface area (Å²) in [5, 5.41) is 3.37. The van der Waals surface area contributed by atoms with Crippen LogP contribution in [0.4, 0.5) is 0 Å². The maximum atomic E-state index is 5.26. The SMILES string of the molecule is CCOCCNC(C)Cc1ccco1. The van der Waals surface area contributed by atoms with E-state index < -0.39 is 0 Å². The summed E-state index contributed by atoms with van der Waals surface area (Å²) in [6, 6.07) is 4.35. The van der Waals surface area contributed by atoms with E-state index in [1.54, 1.807) is 6.26 Å². The van der Waals surface area contributed by atoms with Crippen LogP contribution in [0, 0.1) is 0 Å². The van der Waals surface area contributed by atoms with Crippen LogP contribution in [0.5, 0.6) is 0 Å². The molecule has 1 N–H and O–H groups in total. The number of hydrogen-bond acceptors (Lipinski definition) is 3. The quantitative estimate of drug-likeness (QED) is 0.677. The summed E-state index contributed by atoms with van der Waals surface area (Å²) in [5.41, 5.74) is 0. The molecule has 14 heavy (non-hydrogen) atoms. The first-order valence-corrected chi connectivity index (χ1v) is 5.16. The Kier molecular flexibility index (Phi) is 5.33. The van der Waals surface area contributed by atoms with E-state index >= 15 is 0 Å². The summed E-state index contributed by atoms with van der Waals surface area (Å²) >= 11 is 0. The van der Waals surface area contributed by atoms with Crippen LogP contribution >= 0.6 is 0 Å². The van der Waals surface area contributed by atoms with Crippen LogP contribution in [0.25, 0.3) is 0 Å². The van der Waals surface area contributed by atoms with E-state index in [1.807, 2.05) is 19.1 Å². The van der Waals surface area contributed by atoms with Crippen molar-refractivity contribution in [1.82, 2.24) is 5.32 Å². The minimum atomic E-state index is 0.432. The fourth-order valence-electron chi connectivity index (χ4n) is 1.32. The third-order valence-electron chi connectivity index (χ3n) is 2.03. The number of nitrogens with one attached hydrogen (secondary N) is 1. The van der Waals surface area contributed by atoms with Crippen molar-refractivity contribution in [1.29, 1.82) is 0 Å². The van der Waals surface area contributed by atoms with E-state index in [0.29, 0.717) is 6.04 Å². The molecule has 1 aromatic heterocycles. The van der Waals surface area contributed by atoms with Gasteiger partial charge in [0.25, 0.3) is 0 Å². The van der Waals surface area contributed by atoms with E-state index in [4.69, 9.17) is 9.15 Å². The second-order valence-electron chi connectivity index (χ2n) is 3.34. The summed E-state index contributed by atoms with van der Waals surface area (Å²) < 4.78 is 10.5. The highest BCUT2D eigenvalue weighted by Crippen LogP contribution is 2.03. The molecule has 3 heteroatoms.